The lowest BCUT2D eigenvalue weighted by Crippen LogP contribution is -2.17. The molecule has 1 atom stereocenters. The van der Waals surface area contributed by atoms with E-state index in [9.17, 15) is 9.00 Å². The van der Waals surface area contributed by atoms with E-state index >= 15 is 0 Å². The summed E-state index contributed by atoms with van der Waals surface area (Å²) in [7, 11) is -1.10. The third-order valence-electron chi connectivity index (χ3n) is 3.28. The highest BCUT2D eigenvalue weighted by molar-refractivity contribution is 7.84. The largest absolute Gasteiger partial charge is 0.481 e. The van der Waals surface area contributed by atoms with E-state index < -0.39 is 16.8 Å². The van der Waals surface area contributed by atoms with Crippen molar-refractivity contribution in [2.24, 2.45) is 5.41 Å². The number of aliphatic carboxylic acids is 1. The topological polar surface area (TPSA) is 54.4 Å². The van der Waals surface area contributed by atoms with Gasteiger partial charge in [0.1, 0.15) is 0 Å². The number of carboxylic acid groups (broad SMARTS) is 1. The maximum atomic E-state index is 12.1. The van der Waals surface area contributed by atoms with Gasteiger partial charge in [-0.05, 0) is 36.0 Å². The van der Waals surface area contributed by atoms with Crippen LogP contribution in [0.15, 0.2) is 18.2 Å². The number of benzene rings is 1. The molecular weight excluding hydrogens is 307 g/mol. The summed E-state index contributed by atoms with van der Waals surface area (Å²) in [6, 6.07) is 5.10. The molecule has 3 nitrogen and oxygen atoms in total. The van der Waals surface area contributed by atoms with E-state index in [2.05, 4.69) is 0 Å². The summed E-state index contributed by atoms with van der Waals surface area (Å²) in [5.74, 6) is -0.0469. The molecule has 0 heterocycles. The summed E-state index contributed by atoms with van der Waals surface area (Å²) in [6.45, 7) is 0. The molecule has 19 heavy (non-hydrogen) atoms. The third kappa shape index (κ3) is 4.20. The van der Waals surface area contributed by atoms with Crippen LogP contribution in [0.4, 0.5) is 0 Å². The molecule has 0 radical (unpaired) electrons. The summed E-state index contributed by atoms with van der Waals surface area (Å²) < 4.78 is 12.1. The van der Waals surface area contributed by atoms with Crippen LogP contribution in [0.25, 0.3) is 0 Å². The molecule has 0 bridgehead atoms. The summed E-state index contributed by atoms with van der Waals surface area (Å²) >= 11 is 11.8. The number of carbonyl (C=O) groups is 1. The number of halogens is 2. The van der Waals surface area contributed by atoms with Crippen LogP contribution in [0.1, 0.15) is 24.8 Å². The zero-order chi connectivity index (χ0) is 14.0. The van der Waals surface area contributed by atoms with Gasteiger partial charge in [-0.2, -0.15) is 0 Å². The predicted molar refractivity (Wildman–Crippen MR) is 77.1 cm³/mol. The van der Waals surface area contributed by atoms with Crippen molar-refractivity contribution < 1.29 is 14.1 Å². The van der Waals surface area contributed by atoms with Crippen molar-refractivity contribution in [2.45, 2.75) is 25.0 Å². The number of rotatable bonds is 6. The normalized spacial score (nSPS) is 18.0. The standard InChI is InChI=1S/C13H14Cl2O3S/c14-10-2-1-9(11(15)5-10)7-19(18)8-13(3-4-13)6-12(16)17/h1-2,5H,3-4,6-8H2,(H,16,17). The second-order valence-corrected chi connectivity index (χ2v) is 7.34. The molecule has 1 N–H and O–H groups in total. The Morgan fingerprint density at radius 1 is 1.37 bits per heavy atom. The summed E-state index contributed by atoms with van der Waals surface area (Å²) in [4.78, 5) is 10.8. The second-order valence-electron chi connectivity index (χ2n) is 5.03. The van der Waals surface area contributed by atoms with Gasteiger partial charge in [0, 0.05) is 26.6 Å². The Labute approximate surface area is 124 Å². The van der Waals surface area contributed by atoms with Crippen LogP contribution in [0, 0.1) is 5.41 Å². The lowest BCUT2D eigenvalue weighted by atomic mass is 10.1. The molecule has 1 fully saturated rings. The molecule has 1 aliphatic rings. The van der Waals surface area contributed by atoms with Crippen molar-refractivity contribution in [3.63, 3.8) is 0 Å². The first-order valence-electron chi connectivity index (χ1n) is 5.91. The molecule has 0 saturated heterocycles. The minimum Gasteiger partial charge on any atom is -0.481 e. The summed E-state index contributed by atoms with van der Waals surface area (Å²) in [5.41, 5.74) is 0.533. The van der Waals surface area contributed by atoms with Crippen LogP contribution in [-0.4, -0.2) is 21.0 Å². The van der Waals surface area contributed by atoms with Gasteiger partial charge in [0.25, 0.3) is 0 Å². The van der Waals surface area contributed by atoms with E-state index in [4.69, 9.17) is 28.3 Å². The fraction of sp³-hybridized carbons (Fsp3) is 0.462. The second kappa shape index (κ2) is 5.81. The van der Waals surface area contributed by atoms with E-state index in [1.54, 1.807) is 18.2 Å². The van der Waals surface area contributed by atoms with E-state index in [0.717, 1.165) is 18.4 Å². The van der Waals surface area contributed by atoms with Gasteiger partial charge >= 0.3 is 5.97 Å². The van der Waals surface area contributed by atoms with Crippen molar-refractivity contribution in [2.75, 3.05) is 5.75 Å². The number of hydrogen-bond donors (Lipinski definition) is 1. The molecule has 6 heteroatoms. The Hall–Kier alpha value is -0.580. The Morgan fingerprint density at radius 3 is 2.58 bits per heavy atom. The first-order valence-corrected chi connectivity index (χ1v) is 8.15. The summed E-state index contributed by atoms with van der Waals surface area (Å²) in [6.07, 6.45) is 1.80. The van der Waals surface area contributed by atoms with Crippen LogP contribution in [-0.2, 0) is 21.3 Å². The highest BCUT2D eigenvalue weighted by Crippen LogP contribution is 2.49. The van der Waals surface area contributed by atoms with E-state index in [1.807, 2.05) is 0 Å². The SMILES string of the molecule is O=C(O)CC1(CS(=O)Cc2ccc(Cl)cc2Cl)CC1. The molecule has 1 saturated carbocycles. The van der Waals surface area contributed by atoms with Crippen molar-refractivity contribution in [1.82, 2.24) is 0 Å². The lowest BCUT2D eigenvalue weighted by Gasteiger charge is -2.12. The van der Waals surface area contributed by atoms with E-state index in [0.29, 0.717) is 21.6 Å². The van der Waals surface area contributed by atoms with Gasteiger partial charge in [-0.3, -0.25) is 9.00 Å². The van der Waals surface area contributed by atoms with Gasteiger partial charge < -0.3 is 5.11 Å². The molecular formula is C13H14Cl2O3S. The summed E-state index contributed by atoms with van der Waals surface area (Å²) in [5, 5.41) is 9.88. The van der Waals surface area contributed by atoms with Crippen LogP contribution >= 0.6 is 23.2 Å². The van der Waals surface area contributed by atoms with E-state index in [1.165, 1.54) is 0 Å². The molecule has 0 aromatic heterocycles. The van der Waals surface area contributed by atoms with Gasteiger partial charge in [0.2, 0.25) is 0 Å². The maximum Gasteiger partial charge on any atom is 0.303 e. The Kier molecular flexibility index (Phi) is 4.54. The molecule has 1 aromatic carbocycles. The molecule has 1 aliphatic carbocycles. The van der Waals surface area contributed by atoms with Gasteiger partial charge in [0.05, 0.1) is 12.2 Å². The fourth-order valence-corrected chi connectivity index (χ4v) is 4.40. The Bertz CT molecular complexity index is 527. The van der Waals surface area contributed by atoms with Gasteiger partial charge in [0.15, 0.2) is 0 Å². The number of hydrogen-bond acceptors (Lipinski definition) is 2. The molecule has 1 aromatic rings. The smallest absolute Gasteiger partial charge is 0.303 e. The van der Waals surface area contributed by atoms with Crippen LogP contribution < -0.4 is 0 Å². The quantitative estimate of drug-likeness (QED) is 0.872. The highest BCUT2D eigenvalue weighted by Gasteiger charge is 2.45. The first kappa shape index (κ1) is 14.8. The zero-order valence-electron chi connectivity index (χ0n) is 10.2. The Morgan fingerprint density at radius 2 is 2.05 bits per heavy atom. The molecule has 0 amide bonds. The molecule has 0 spiro atoms. The predicted octanol–water partition coefficient (Wildman–Crippen LogP) is 3.50. The number of carboxylic acids is 1. The van der Waals surface area contributed by atoms with Crippen molar-refractivity contribution in [1.29, 1.82) is 0 Å². The van der Waals surface area contributed by atoms with Crippen LogP contribution in [0.3, 0.4) is 0 Å². The molecule has 2 rings (SSSR count). The highest BCUT2D eigenvalue weighted by atomic mass is 35.5. The minimum absolute atomic E-state index is 0.104. The molecule has 0 aliphatic heterocycles. The first-order chi connectivity index (χ1) is 8.90. The minimum atomic E-state index is -1.10. The van der Waals surface area contributed by atoms with Crippen molar-refractivity contribution in [3.8, 4) is 0 Å². The lowest BCUT2D eigenvalue weighted by molar-refractivity contribution is -0.138. The van der Waals surface area contributed by atoms with E-state index in [-0.39, 0.29) is 11.8 Å². The van der Waals surface area contributed by atoms with Crippen LogP contribution in [0.2, 0.25) is 10.0 Å². The van der Waals surface area contributed by atoms with Gasteiger partial charge in [-0.1, -0.05) is 29.3 Å². The third-order valence-corrected chi connectivity index (χ3v) is 5.44. The van der Waals surface area contributed by atoms with Gasteiger partial charge in [-0.15, -0.1) is 0 Å². The average molecular weight is 321 g/mol. The Balaban J connectivity index is 1.96. The van der Waals surface area contributed by atoms with Gasteiger partial charge in [-0.25, -0.2) is 0 Å². The monoisotopic (exact) mass is 320 g/mol. The van der Waals surface area contributed by atoms with Crippen LogP contribution in [0.5, 0.6) is 0 Å². The average Bonchev–Trinajstić information content (AvgIpc) is 3.00. The maximum absolute atomic E-state index is 12.1. The molecule has 1 unspecified atom stereocenters. The van der Waals surface area contributed by atoms with Crippen molar-refractivity contribution >= 4 is 40.0 Å². The van der Waals surface area contributed by atoms with Crippen molar-refractivity contribution in [3.05, 3.63) is 33.8 Å². The zero-order valence-corrected chi connectivity index (χ0v) is 12.5. The fourth-order valence-electron chi connectivity index (χ4n) is 2.07. The molecule has 104 valence electrons.